The molecule has 0 aliphatic heterocycles. The van der Waals surface area contributed by atoms with E-state index in [0.29, 0.717) is 6.42 Å². The van der Waals surface area contributed by atoms with Crippen molar-refractivity contribution >= 4 is 5.78 Å². The topological polar surface area (TPSA) is 43.1 Å². The second kappa shape index (κ2) is 2.10. The van der Waals surface area contributed by atoms with Crippen LogP contribution in [0.4, 0.5) is 0 Å². The molecule has 52 valence electrons. The maximum Gasteiger partial charge on any atom is 0.152 e. The number of Topliss-reactive ketones (excluding diaryl/α,β-unsaturated/α-hetero) is 1. The number of carbonyl (C=O) groups is 1. The second-order valence-corrected chi connectivity index (χ2v) is 2.79. The van der Waals surface area contributed by atoms with E-state index in [1.165, 1.54) is 0 Å². The summed E-state index contributed by atoms with van der Waals surface area (Å²) in [4.78, 5) is 11.0. The highest BCUT2D eigenvalue weighted by Gasteiger charge is 2.35. The summed E-state index contributed by atoms with van der Waals surface area (Å²) in [5, 5.41) is 0. The summed E-state index contributed by atoms with van der Waals surface area (Å²) in [6.45, 7) is 1.98. The molecule has 0 amide bonds. The fourth-order valence-corrected chi connectivity index (χ4v) is 1.33. The summed E-state index contributed by atoms with van der Waals surface area (Å²) < 4.78 is 0. The Morgan fingerprint density at radius 2 is 2.44 bits per heavy atom. The molecule has 9 heavy (non-hydrogen) atoms. The number of rotatable bonds is 1. The summed E-state index contributed by atoms with van der Waals surface area (Å²) in [5.41, 5.74) is 5.31. The van der Waals surface area contributed by atoms with Crippen LogP contribution in [0, 0.1) is 0 Å². The van der Waals surface area contributed by atoms with Crippen LogP contribution in [0.3, 0.4) is 0 Å². The molecule has 0 bridgehead atoms. The minimum Gasteiger partial charge on any atom is -0.319 e. The van der Waals surface area contributed by atoms with Crippen LogP contribution in [-0.4, -0.2) is 11.3 Å². The minimum absolute atomic E-state index is 0.255. The lowest BCUT2D eigenvalue weighted by Crippen LogP contribution is -2.42. The largest absolute Gasteiger partial charge is 0.319 e. The Morgan fingerprint density at radius 3 is 2.67 bits per heavy atom. The smallest absolute Gasteiger partial charge is 0.152 e. The molecular weight excluding hydrogens is 114 g/mol. The molecule has 1 aliphatic rings. The number of carbonyl (C=O) groups excluding carboxylic acids is 1. The van der Waals surface area contributed by atoms with Crippen molar-refractivity contribution in [2.45, 2.75) is 38.1 Å². The van der Waals surface area contributed by atoms with Crippen molar-refractivity contribution in [2.24, 2.45) is 5.73 Å². The van der Waals surface area contributed by atoms with Crippen molar-refractivity contribution < 1.29 is 4.79 Å². The van der Waals surface area contributed by atoms with Gasteiger partial charge in [-0.1, -0.05) is 6.92 Å². The fourth-order valence-electron chi connectivity index (χ4n) is 1.33. The molecule has 0 aromatic carbocycles. The van der Waals surface area contributed by atoms with Crippen LogP contribution in [0.1, 0.15) is 32.6 Å². The van der Waals surface area contributed by atoms with Gasteiger partial charge in [0.2, 0.25) is 0 Å². The van der Waals surface area contributed by atoms with E-state index in [1.54, 1.807) is 0 Å². The van der Waals surface area contributed by atoms with Gasteiger partial charge < -0.3 is 5.73 Å². The molecule has 0 saturated heterocycles. The Hall–Kier alpha value is -0.370. The van der Waals surface area contributed by atoms with Crippen molar-refractivity contribution in [1.82, 2.24) is 0 Å². The first kappa shape index (κ1) is 6.75. The second-order valence-electron chi connectivity index (χ2n) is 2.79. The highest BCUT2D eigenvalue weighted by atomic mass is 16.1. The van der Waals surface area contributed by atoms with Crippen molar-refractivity contribution in [3.63, 3.8) is 0 Å². The van der Waals surface area contributed by atoms with E-state index in [-0.39, 0.29) is 5.78 Å². The third kappa shape index (κ3) is 0.990. The number of hydrogen-bond acceptors (Lipinski definition) is 2. The van der Waals surface area contributed by atoms with Gasteiger partial charge in [-0.15, -0.1) is 0 Å². The Balaban J connectivity index is 2.67. The van der Waals surface area contributed by atoms with Crippen molar-refractivity contribution in [3.05, 3.63) is 0 Å². The van der Waals surface area contributed by atoms with Gasteiger partial charge >= 0.3 is 0 Å². The molecule has 1 unspecified atom stereocenters. The molecule has 0 spiro atoms. The Bertz CT molecular complexity index is 133. The van der Waals surface area contributed by atoms with Gasteiger partial charge in [-0.25, -0.2) is 0 Å². The quantitative estimate of drug-likeness (QED) is 0.567. The van der Waals surface area contributed by atoms with E-state index in [9.17, 15) is 4.79 Å². The van der Waals surface area contributed by atoms with Crippen molar-refractivity contribution in [1.29, 1.82) is 0 Å². The molecule has 0 radical (unpaired) electrons. The lowest BCUT2D eigenvalue weighted by molar-refractivity contribution is -0.121. The first-order valence-corrected chi connectivity index (χ1v) is 3.51. The van der Waals surface area contributed by atoms with E-state index < -0.39 is 5.54 Å². The van der Waals surface area contributed by atoms with Crippen molar-refractivity contribution in [2.75, 3.05) is 0 Å². The van der Waals surface area contributed by atoms with Gasteiger partial charge in [0.05, 0.1) is 5.54 Å². The molecule has 1 atom stereocenters. The van der Waals surface area contributed by atoms with Gasteiger partial charge in [-0.2, -0.15) is 0 Å². The minimum atomic E-state index is -0.444. The van der Waals surface area contributed by atoms with Crippen LogP contribution < -0.4 is 5.73 Å². The summed E-state index contributed by atoms with van der Waals surface area (Å²) in [7, 11) is 0. The lowest BCUT2D eigenvalue weighted by Gasteiger charge is -2.18. The van der Waals surface area contributed by atoms with Crippen LogP contribution >= 0.6 is 0 Å². The third-order valence-electron chi connectivity index (χ3n) is 2.21. The normalized spacial score (nSPS) is 35.6. The molecule has 2 N–H and O–H groups in total. The van der Waals surface area contributed by atoms with E-state index in [2.05, 4.69) is 0 Å². The lowest BCUT2D eigenvalue weighted by atomic mass is 9.95. The molecule has 1 rings (SSSR count). The van der Waals surface area contributed by atoms with E-state index in [0.717, 1.165) is 19.3 Å². The maximum absolute atomic E-state index is 11.0. The standard InChI is InChI=1S/C7H13NO/c1-2-7(8)5-3-4-6(7)9/h2-5,8H2,1H3. The molecule has 0 aromatic rings. The van der Waals surface area contributed by atoms with Crippen molar-refractivity contribution in [3.8, 4) is 0 Å². The number of hydrogen-bond donors (Lipinski definition) is 1. The van der Waals surface area contributed by atoms with Crippen LogP contribution in [0.5, 0.6) is 0 Å². The molecule has 1 fully saturated rings. The zero-order valence-corrected chi connectivity index (χ0v) is 5.81. The summed E-state index contributed by atoms with van der Waals surface area (Å²) in [6.07, 6.45) is 3.38. The highest BCUT2D eigenvalue weighted by molar-refractivity contribution is 5.89. The van der Waals surface area contributed by atoms with Gasteiger partial charge in [-0.3, -0.25) is 4.79 Å². The van der Waals surface area contributed by atoms with E-state index in [1.807, 2.05) is 6.92 Å². The predicted molar refractivity (Wildman–Crippen MR) is 36.1 cm³/mol. The molecule has 2 heteroatoms. The molecule has 0 heterocycles. The predicted octanol–water partition coefficient (Wildman–Crippen LogP) is 0.847. The first-order valence-electron chi connectivity index (χ1n) is 3.51. The average Bonchev–Trinajstić information content (AvgIpc) is 2.15. The van der Waals surface area contributed by atoms with Crippen LogP contribution in [0.15, 0.2) is 0 Å². The average molecular weight is 127 g/mol. The fraction of sp³-hybridized carbons (Fsp3) is 0.857. The van der Waals surface area contributed by atoms with E-state index >= 15 is 0 Å². The Labute approximate surface area is 55.4 Å². The third-order valence-corrected chi connectivity index (χ3v) is 2.21. The van der Waals surface area contributed by atoms with Gasteiger partial charge in [0.25, 0.3) is 0 Å². The SMILES string of the molecule is CCC1(N)CCCC1=O. The molecule has 0 aromatic heterocycles. The highest BCUT2D eigenvalue weighted by Crippen LogP contribution is 2.25. The molecular formula is C7H13NO. The molecule has 1 aliphatic carbocycles. The van der Waals surface area contributed by atoms with Gasteiger partial charge in [0.1, 0.15) is 0 Å². The van der Waals surface area contributed by atoms with Crippen LogP contribution in [0.25, 0.3) is 0 Å². The summed E-state index contributed by atoms with van der Waals surface area (Å²) in [6, 6.07) is 0. The number of ketones is 1. The Kier molecular flexibility index (Phi) is 1.58. The zero-order chi connectivity index (χ0) is 6.91. The van der Waals surface area contributed by atoms with Crippen LogP contribution in [0.2, 0.25) is 0 Å². The molecule has 1 saturated carbocycles. The maximum atomic E-state index is 11.0. The van der Waals surface area contributed by atoms with Gasteiger partial charge in [0, 0.05) is 6.42 Å². The number of nitrogens with two attached hydrogens (primary N) is 1. The van der Waals surface area contributed by atoms with E-state index in [4.69, 9.17) is 5.73 Å². The summed E-state index contributed by atoms with van der Waals surface area (Å²) in [5.74, 6) is 0.255. The van der Waals surface area contributed by atoms with Crippen LogP contribution in [-0.2, 0) is 4.79 Å². The summed E-state index contributed by atoms with van der Waals surface area (Å²) >= 11 is 0. The zero-order valence-electron chi connectivity index (χ0n) is 5.81. The Morgan fingerprint density at radius 1 is 1.78 bits per heavy atom. The first-order chi connectivity index (χ1) is 4.19. The monoisotopic (exact) mass is 127 g/mol. The van der Waals surface area contributed by atoms with Gasteiger partial charge in [0.15, 0.2) is 5.78 Å². The van der Waals surface area contributed by atoms with Gasteiger partial charge in [-0.05, 0) is 19.3 Å². The molecule has 2 nitrogen and oxygen atoms in total.